The van der Waals surface area contributed by atoms with Gasteiger partial charge in [0.1, 0.15) is 30.8 Å². The Balaban J connectivity index is 2.95. The van der Waals surface area contributed by atoms with Gasteiger partial charge in [0.25, 0.3) is 0 Å². The lowest BCUT2D eigenvalue weighted by molar-refractivity contribution is -0.150. The predicted molar refractivity (Wildman–Crippen MR) is 136 cm³/mol. The maximum absolute atomic E-state index is 13.0. The van der Waals surface area contributed by atoms with Gasteiger partial charge in [0.05, 0.1) is 28.3 Å². The first-order chi connectivity index (χ1) is 16.9. The van der Waals surface area contributed by atoms with Crippen LogP contribution in [0.4, 0.5) is 0 Å². The topological polar surface area (TPSA) is 114 Å². The highest BCUT2D eigenvalue weighted by atomic mass is 35.5. The van der Waals surface area contributed by atoms with Crippen molar-refractivity contribution in [1.82, 2.24) is 0 Å². The SMILES string of the molecule is COC[C@H](COc1ccc(S(=O)(=O)/C(C)=C/C(Cl)=C(\CCl)OC[C@H](CCl)OC(C)=O)cc1)OC(C)=O. The lowest BCUT2D eigenvalue weighted by Crippen LogP contribution is -2.28. The Bertz CT molecular complexity index is 1040. The Morgan fingerprint density at radius 1 is 0.944 bits per heavy atom. The highest BCUT2D eigenvalue weighted by molar-refractivity contribution is 7.95. The Hall–Kier alpha value is -1.98. The molecule has 1 aromatic carbocycles. The van der Waals surface area contributed by atoms with Crippen LogP contribution in [-0.4, -0.2) is 71.3 Å². The molecule has 1 rings (SSSR count). The highest BCUT2D eigenvalue weighted by Crippen LogP contribution is 2.25. The number of alkyl halides is 2. The molecule has 0 unspecified atom stereocenters. The summed E-state index contributed by atoms with van der Waals surface area (Å²) in [6.45, 7) is 3.97. The summed E-state index contributed by atoms with van der Waals surface area (Å²) in [5.74, 6) is -0.681. The van der Waals surface area contributed by atoms with E-state index in [-0.39, 0.29) is 52.2 Å². The zero-order valence-electron chi connectivity index (χ0n) is 20.3. The number of halogens is 3. The normalized spacial score (nSPS) is 14.4. The van der Waals surface area contributed by atoms with Crippen LogP contribution in [0.1, 0.15) is 20.8 Å². The molecule has 0 heterocycles. The Labute approximate surface area is 226 Å². The van der Waals surface area contributed by atoms with Gasteiger partial charge in [-0.1, -0.05) is 11.6 Å². The molecule has 36 heavy (non-hydrogen) atoms. The van der Waals surface area contributed by atoms with Gasteiger partial charge < -0.3 is 23.7 Å². The van der Waals surface area contributed by atoms with E-state index in [1.165, 1.54) is 58.2 Å². The Morgan fingerprint density at radius 2 is 1.53 bits per heavy atom. The van der Waals surface area contributed by atoms with E-state index in [0.717, 1.165) is 0 Å². The number of benzene rings is 1. The maximum Gasteiger partial charge on any atom is 0.303 e. The molecular weight excluding hydrogens is 559 g/mol. The van der Waals surface area contributed by atoms with Crippen molar-refractivity contribution in [1.29, 1.82) is 0 Å². The Morgan fingerprint density at radius 3 is 2.03 bits per heavy atom. The van der Waals surface area contributed by atoms with Crippen LogP contribution in [0.25, 0.3) is 0 Å². The van der Waals surface area contributed by atoms with Crippen LogP contribution < -0.4 is 4.74 Å². The lowest BCUT2D eigenvalue weighted by atomic mass is 10.3. The smallest absolute Gasteiger partial charge is 0.303 e. The third kappa shape index (κ3) is 11.0. The van der Waals surface area contributed by atoms with E-state index in [2.05, 4.69) is 0 Å². The lowest BCUT2D eigenvalue weighted by Gasteiger charge is -2.17. The first kappa shape index (κ1) is 32.0. The zero-order chi connectivity index (χ0) is 27.3. The van der Waals surface area contributed by atoms with Gasteiger partial charge in [0, 0.05) is 25.9 Å². The van der Waals surface area contributed by atoms with Crippen LogP contribution >= 0.6 is 34.8 Å². The average molecular weight is 588 g/mol. The highest BCUT2D eigenvalue weighted by Gasteiger charge is 2.20. The summed E-state index contributed by atoms with van der Waals surface area (Å²) in [6.07, 6.45) is -0.114. The average Bonchev–Trinajstić information content (AvgIpc) is 2.81. The van der Waals surface area contributed by atoms with Crippen molar-refractivity contribution in [3.63, 3.8) is 0 Å². The van der Waals surface area contributed by atoms with Gasteiger partial charge >= 0.3 is 11.9 Å². The summed E-state index contributed by atoms with van der Waals surface area (Å²) >= 11 is 17.9. The van der Waals surface area contributed by atoms with Crippen molar-refractivity contribution in [2.75, 3.05) is 38.7 Å². The molecule has 0 radical (unpaired) electrons. The molecule has 202 valence electrons. The number of hydrogen-bond acceptors (Lipinski definition) is 9. The van der Waals surface area contributed by atoms with E-state index in [1.807, 2.05) is 0 Å². The molecule has 2 atom stereocenters. The van der Waals surface area contributed by atoms with E-state index in [4.69, 9.17) is 58.5 Å². The quantitative estimate of drug-likeness (QED) is 0.129. The van der Waals surface area contributed by atoms with Gasteiger partial charge in [-0.2, -0.15) is 0 Å². The van der Waals surface area contributed by atoms with Gasteiger partial charge in [-0.05, 0) is 37.3 Å². The van der Waals surface area contributed by atoms with Crippen molar-refractivity contribution in [3.05, 3.63) is 46.0 Å². The molecule has 0 saturated heterocycles. The monoisotopic (exact) mass is 586 g/mol. The second-order valence-electron chi connectivity index (χ2n) is 7.33. The van der Waals surface area contributed by atoms with E-state index in [0.29, 0.717) is 5.75 Å². The number of esters is 2. The molecule has 0 aliphatic heterocycles. The molecule has 9 nitrogen and oxygen atoms in total. The van der Waals surface area contributed by atoms with Gasteiger partial charge in [0.2, 0.25) is 9.84 Å². The minimum absolute atomic E-state index is 0.00639. The van der Waals surface area contributed by atoms with Gasteiger partial charge in [-0.3, -0.25) is 9.59 Å². The molecule has 0 bridgehead atoms. The molecule has 0 aliphatic carbocycles. The number of sulfone groups is 1. The van der Waals surface area contributed by atoms with Crippen LogP contribution in [0.3, 0.4) is 0 Å². The Kier molecular flexibility index (Phi) is 14.2. The van der Waals surface area contributed by atoms with Crippen LogP contribution in [0.2, 0.25) is 0 Å². The first-order valence-electron chi connectivity index (χ1n) is 10.6. The number of methoxy groups -OCH3 is 1. The first-order valence-corrected chi connectivity index (χ1v) is 13.5. The van der Waals surface area contributed by atoms with Crippen LogP contribution in [0, 0.1) is 0 Å². The number of allylic oxidation sites excluding steroid dienone is 4. The summed E-state index contributed by atoms with van der Waals surface area (Å²) in [5, 5.41) is -0.0307. The van der Waals surface area contributed by atoms with Crippen molar-refractivity contribution < 1.29 is 41.7 Å². The van der Waals surface area contributed by atoms with Crippen molar-refractivity contribution in [3.8, 4) is 5.75 Å². The van der Waals surface area contributed by atoms with E-state index < -0.39 is 34.0 Å². The summed E-state index contributed by atoms with van der Waals surface area (Å²) in [4.78, 5) is 22.2. The molecule has 0 N–H and O–H groups in total. The minimum atomic E-state index is -3.89. The third-order valence-electron chi connectivity index (χ3n) is 4.34. The van der Waals surface area contributed by atoms with Crippen LogP contribution in [0.15, 0.2) is 50.9 Å². The number of carbonyl (C=O) groups is 2. The van der Waals surface area contributed by atoms with Crippen molar-refractivity contribution in [2.45, 2.75) is 37.9 Å². The number of carbonyl (C=O) groups excluding carboxylic acids is 2. The molecule has 0 aromatic heterocycles. The molecule has 0 amide bonds. The largest absolute Gasteiger partial charge is 0.491 e. The number of hydrogen-bond donors (Lipinski definition) is 0. The molecule has 1 aromatic rings. The molecule has 0 aliphatic rings. The summed E-state index contributed by atoms with van der Waals surface area (Å²) in [5.41, 5.74) is 0. The van der Waals surface area contributed by atoms with E-state index >= 15 is 0 Å². The fourth-order valence-corrected chi connectivity index (χ4v) is 4.60. The van der Waals surface area contributed by atoms with Gasteiger partial charge in [-0.15, -0.1) is 23.2 Å². The van der Waals surface area contributed by atoms with E-state index in [1.54, 1.807) is 0 Å². The third-order valence-corrected chi connectivity index (χ3v) is 7.11. The molecular formula is C23H29Cl3O9S. The van der Waals surface area contributed by atoms with Crippen molar-refractivity contribution >= 4 is 56.6 Å². The molecule has 0 fully saturated rings. The second-order valence-corrected chi connectivity index (χ2v) is 10.4. The molecule has 0 spiro atoms. The maximum atomic E-state index is 13.0. The summed E-state index contributed by atoms with van der Waals surface area (Å²) in [7, 11) is -2.42. The van der Waals surface area contributed by atoms with E-state index in [9.17, 15) is 18.0 Å². The van der Waals surface area contributed by atoms with Gasteiger partial charge in [0.15, 0.2) is 6.10 Å². The summed E-state index contributed by atoms with van der Waals surface area (Å²) < 4.78 is 52.1. The fraction of sp³-hybridized carbons (Fsp3) is 0.478. The fourth-order valence-electron chi connectivity index (χ4n) is 2.67. The van der Waals surface area contributed by atoms with Crippen LogP contribution in [-0.2, 0) is 38.4 Å². The van der Waals surface area contributed by atoms with Crippen LogP contribution in [0.5, 0.6) is 5.75 Å². The number of rotatable bonds is 15. The summed E-state index contributed by atoms with van der Waals surface area (Å²) in [6, 6.07) is 5.70. The van der Waals surface area contributed by atoms with Crippen molar-refractivity contribution in [2.24, 2.45) is 0 Å². The molecule has 13 heteroatoms. The number of ether oxygens (including phenoxy) is 5. The van der Waals surface area contributed by atoms with Gasteiger partial charge in [-0.25, -0.2) is 8.42 Å². The minimum Gasteiger partial charge on any atom is -0.491 e. The zero-order valence-corrected chi connectivity index (χ0v) is 23.4. The standard InChI is InChI=1S/C23H29Cl3O9S/c1-15(9-22(26)23(11-25)33-13-19(10-24)34-16(2)27)36(29,30)21-7-5-18(6-8-21)32-14-20(12-31-4)35-17(3)28/h5-9,19-20H,10-14H2,1-4H3/b15-9+,23-22-/t19-,20+/m0/s1. The molecule has 0 saturated carbocycles. The predicted octanol–water partition coefficient (Wildman–Crippen LogP) is 4.20. The second kappa shape index (κ2) is 16.0.